The van der Waals surface area contributed by atoms with E-state index in [9.17, 15) is 14.7 Å². The van der Waals surface area contributed by atoms with E-state index in [2.05, 4.69) is 34.5 Å². The van der Waals surface area contributed by atoms with Gasteiger partial charge in [-0.3, -0.25) is 0 Å². The van der Waals surface area contributed by atoms with Crippen LogP contribution in [0.3, 0.4) is 0 Å². The van der Waals surface area contributed by atoms with Crippen molar-refractivity contribution in [1.82, 2.24) is 10.2 Å². The first-order valence-corrected chi connectivity index (χ1v) is 10.7. The van der Waals surface area contributed by atoms with Gasteiger partial charge >= 0.3 is 12.1 Å². The summed E-state index contributed by atoms with van der Waals surface area (Å²) in [4.78, 5) is 26.3. The Morgan fingerprint density at radius 2 is 1.63 bits per heavy atom. The molecule has 1 atom stereocenters. The minimum atomic E-state index is -1.02. The monoisotopic (exact) mass is 408 g/mol. The van der Waals surface area contributed by atoms with Gasteiger partial charge in [-0.25, -0.2) is 9.59 Å². The number of carbonyl (C=O) groups is 2. The molecule has 0 unspecified atom stereocenters. The van der Waals surface area contributed by atoms with Crippen LogP contribution in [0.2, 0.25) is 0 Å². The van der Waals surface area contributed by atoms with Gasteiger partial charge in [0.25, 0.3) is 0 Å². The molecule has 1 aliphatic carbocycles. The first-order chi connectivity index (χ1) is 14.6. The Bertz CT molecular complexity index is 862. The summed E-state index contributed by atoms with van der Waals surface area (Å²) in [6, 6.07) is 15.3. The number of carboxylic acid groups (broad SMARTS) is 1. The maximum atomic E-state index is 12.4. The molecule has 6 nitrogen and oxygen atoms in total. The van der Waals surface area contributed by atoms with Gasteiger partial charge in [0.1, 0.15) is 12.6 Å². The van der Waals surface area contributed by atoms with Gasteiger partial charge in [0.05, 0.1) is 0 Å². The highest BCUT2D eigenvalue weighted by Gasteiger charge is 2.29. The van der Waals surface area contributed by atoms with Crippen molar-refractivity contribution >= 4 is 12.1 Å². The van der Waals surface area contributed by atoms with Crippen molar-refractivity contribution in [2.45, 2.75) is 37.6 Å². The Balaban J connectivity index is 1.33. The minimum Gasteiger partial charge on any atom is -0.480 e. The zero-order valence-electron chi connectivity index (χ0n) is 17.0. The summed E-state index contributed by atoms with van der Waals surface area (Å²) in [5.41, 5.74) is 4.58. The largest absolute Gasteiger partial charge is 0.480 e. The van der Waals surface area contributed by atoms with Crippen LogP contribution in [0.1, 0.15) is 42.7 Å². The van der Waals surface area contributed by atoms with Gasteiger partial charge in [-0.05, 0) is 67.6 Å². The van der Waals surface area contributed by atoms with Crippen molar-refractivity contribution in [2.24, 2.45) is 0 Å². The van der Waals surface area contributed by atoms with Crippen LogP contribution in [0.15, 0.2) is 48.5 Å². The molecule has 2 aromatic rings. The van der Waals surface area contributed by atoms with Crippen LogP contribution in [0.5, 0.6) is 0 Å². The van der Waals surface area contributed by atoms with E-state index in [1.165, 1.54) is 12.8 Å². The van der Waals surface area contributed by atoms with Crippen LogP contribution in [-0.2, 0) is 9.53 Å². The average Bonchev–Trinajstić information content (AvgIpc) is 3.38. The van der Waals surface area contributed by atoms with E-state index in [1.54, 1.807) is 0 Å². The molecule has 2 aromatic carbocycles. The van der Waals surface area contributed by atoms with Crippen LogP contribution in [0.4, 0.5) is 4.79 Å². The first kappa shape index (κ1) is 20.4. The number of hydrogen-bond donors (Lipinski definition) is 2. The topological polar surface area (TPSA) is 78.9 Å². The number of alkyl carbamates (subject to hydrolysis) is 1. The predicted octanol–water partition coefficient (Wildman–Crippen LogP) is 3.85. The van der Waals surface area contributed by atoms with Gasteiger partial charge in [0, 0.05) is 5.92 Å². The summed E-state index contributed by atoms with van der Waals surface area (Å²) in [7, 11) is 0. The predicted molar refractivity (Wildman–Crippen MR) is 115 cm³/mol. The number of carboxylic acids is 1. The summed E-state index contributed by atoms with van der Waals surface area (Å²) in [6.07, 6.45) is 2.88. The number of likely N-dealkylation sites (tertiary alicyclic amines) is 1. The van der Waals surface area contributed by atoms with Gasteiger partial charge in [-0.15, -0.1) is 0 Å². The van der Waals surface area contributed by atoms with Gasteiger partial charge in [-0.1, -0.05) is 48.5 Å². The molecule has 0 aromatic heterocycles. The Kier molecular flexibility index (Phi) is 6.33. The van der Waals surface area contributed by atoms with Crippen molar-refractivity contribution in [3.63, 3.8) is 0 Å². The van der Waals surface area contributed by atoms with Crippen molar-refractivity contribution < 1.29 is 19.4 Å². The number of benzene rings is 2. The number of nitrogens with one attached hydrogen (secondary N) is 1. The molecule has 1 fully saturated rings. The molecule has 1 aliphatic heterocycles. The lowest BCUT2D eigenvalue weighted by atomic mass is 9.98. The molecule has 0 spiro atoms. The van der Waals surface area contributed by atoms with Gasteiger partial charge < -0.3 is 20.1 Å². The number of fused-ring (bicyclic) bond motifs is 3. The van der Waals surface area contributed by atoms with E-state index in [1.807, 2.05) is 24.3 Å². The average molecular weight is 408 g/mol. The number of amides is 1. The molecule has 0 saturated carbocycles. The second-order valence-corrected chi connectivity index (χ2v) is 8.05. The molecule has 0 bridgehead atoms. The van der Waals surface area contributed by atoms with Crippen LogP contribution < -0.4 is 5.32 Å². The Labute approximate surface area is 176 Å². The lowest BCUT2D eigenvalue weighted by molar-refractivity contribution is -0.139. The quantitative estimate of drug-likeness (QED) is 0.694. The van der Waals surface area contributed by atoms with E-state index >= 15 is 0 Å². The van der Waals surface area contributed by atoms with E-state index < -0.39 is 18.1 Å². The third-order valence-corrected chi connectivity index (χ3v) is 6.10. The van der Waals surface area contributed by atoms with E-state index in [0.717, 1.165) is 48.3 Å². The van der Waals surface area contributed by atoms with Crippen LogP contribution >= 0.6 is 0 Å². The maximum Gasteiger partial charge on any atom is 0.407 e. The van der Waals surface area contributed by atoms with Crippen LogP contribution in [0.25, 0.3) is 11.1 Å². The van der Waals surface area contributed by atoms with E-state index in [4.69, 9.17) is 4.74 Å². The number of aliphatic carboxylic acids is 1. The first-order valence-electron chi connectivity index (χ1n) is 10.7. The van der Waals surface area contributed by atoms with E-state index in [-0.39, 0.29) is 12.5 Å². The summed E-state index contributed by atoms with van der Waals surface area (Å²) < 4.78 is 5.48. The van der Waals surface area contributed by atoms with Crippen molar-refractivity contribution in [2.75, 3.05) is 26.2 Å². The molecule has 2 N–H and O–H groups in total. The minimum absolute atomic E-state index is 0.0402. The Morgan fingerprint density at radius 3 is 2.23 bits per heavy atom. The molecule has 6 heteroatoms. The fourth-order valence-corrected chi connectivity index (χ4v) is 4.56. The highest BCUT2D eigenvalue weighted by molar-refractivity contribution is 5.81. The number of nitrogens with zero attached hydrogens (tertiary/aromatic N) is 1. The number of ether oxygens (including phenoxy) is 1. The van der Waals surface area contributed by atoms with Crippen LogP contribution in [0, 0.1) is 0 Å². The highest BCUT2D eigenvalue weighted by Crippen LogP contribution is 2.44. The summed E-state index contributed by atoms with van der Waals surface area (Å²) in [5.74, 6) is -1.06. The van der Waals surface area contributed by atoms with Gasteiger partial charge in [0.15, 0.2) is 0 Å². The SMILES string of the molecule is O=C(N[C@@H](CCCN1CCCC1)C(=O)O)OCC1c2ccccc2-c2ccccc21. The summed E-state index contributed by atoms with van der Waals surface area (Å²) >= 11 is 0. The number of rotatable bonds is 8. The summed E-state index contributed by atoms with van der Waals surface area (Å²) in [5, 5.41) is 12.0. The second kappa shape index (κ2) is 9.30. The molecular formula is C24H28N2O4. The molecule has 1 saturated heterocycles. The molecule has 0 radical (unpaired) electrons. The normalized spacial score (nSPS) is 16.7. The lowest BCUT2D eigenvalue weighted by Crippen LogP contribution is -2.41. The molecular weight excluding hydrogens is 380 g/mol. The second-order valence-electron chi connectivity index (χ2n) is 8.05. The number of carbonyl (C=O) groups excluding carboxylic acids is 1. The zero-order valence-corrected chi connectivity index (χ0v) is 17.0. The Hall–Kier alpha value is -2.86. The highest BCUT2D eigenvalue weighted by atomic mass is 16.5. The lowest BCUT2D eigenvalue weighted by Gasteiger charge is -2.19. The molecule has 1 heterocycles. The smallest absolute Gasteiger partial charge is 0.407 e. The molecule has 4 rings (SSSR count). The molecule has 30 heavy (non-hydrogen) atoms. The Morgan fingerprint density at radius 1 is 1.03 bits per heavy atom. The van der Waals surface area contributed by atoms with Gasteiger partial charge in [-0.2, -0.15) is 0 Å². The van der Waals surface area contributed by atoms with Crippen molar-refractivity contribution in [3.05, 3.63) is 59.7 Å². The van der Waals surface area contributed by atoms with Crippen molar-refractivity contribution in [1.29, 1.82) is 0 Å². The van der Waals surface area contributed by atoms with E-state index in [0.29, 0.717) is 6.42 Å². The standard InChI is InChI=1S/C24H28N2O4/c27-23(28)22(12-7-15-26-13-5-6-14-26)25-24(29)30-16-21-19-10-3-1-8-17(19)18-9-2-4-11-20(18)21/h1-4,8-11,21-22H,5-7,12-16H2,(H,25,29)(H,27,28)/t22-/m0/s1. The number of hydrogen-bond acceptors (Lipinski definition) is 4. The fraction of sp³-hybridized carbons (Fsp3) is 0.417. The molecule has 158 valence electrons. The van der Waals surface area contributed by atoms with Crippen molar-refractivity contribution in [3.8, 4) is 11.1 Å². The molecule has 2 aliphatic rings. The summed E-state index contributed by atoms with van der Waals surface area (Å²) in [6.45, 7) is 3.21. The van der Waals surface area contributed by atoms with Crippen LogP contribution in [-0.4, -0.2) is 54.4 Å². The zero-order chi connectivity index (χ0) is 20.9. The maximum absolute atomic E-state index is 12.4. The van der Waals surface area contributed by atoms with Gasteiger partial charge in [0.2, 0.25) is 0 Å². The fourth-order valence-electron chi connectivity index (χ4n) is 4.56. The third kappa shape index (κ3) is 4.49. The molecule has 1 amide bonds. The third-order valence-electron chi connectivity index (χ3n) is 6.10.